The molecule has 4 nitrogen and oxygen atoms in total. The van der Waals surface area contributed by atoms with Crippen LogP contribution in [0.2, 0.25) is 0 Å². The average Bonchev–Trinajstić information content (AvgIpc) is 2.16. The summed E-state index contributed by atoms with van der Waals surface area (Å²) in [6.07, 6.45) is 1.93. The lowest BCUT2D eigenvalue weighted by Crippen LogP contribution is -2.34. The molecule has 1 aliphatic rings. The van der Waals surface area contributed by atoms with Crippen LogP contribution in [-0.2, 0) is 14.3 Å². The normalized spacial score (nSPS) is 28.5. The molecule has 0 aromatic carbocycles. The van der Waals surface area contributed by atoms with Gasteiger partial charge in [0.15, 0.2) is 0 Å². The van der Waals surface area contributed by atoms with E-state index in [1.807, 2.05) is 0 Å². The zero-order valence-corrected chi connectivity index (χ0v) is 7.86. The zero-order chi connectivity index (χ0) is 9.68. The van der Waals surface area contributed by atoms with Gasteiger partial charge in [0.05, 0.1) is 19.3 Å². The van der Waals surface area contributed by atoms with Gasteiger partial charge < -0.3 is 14.6 Å². The predicted octanol–water partition coefficient (Wildman–Crippen LogP) is 0.479. The summed E-state index contributed by atoms with van der Waals surface area (Å²) in [5.41, 5.74) is 0. The van der Waals surface area contributed by atoms with Crippen LogP contribution in [0.5, 0.6) is 0 Å². The van der Waals surface area contributed by atoms with E-state index < -0.39 is 6.10 Å². The minimum Gasteiger partial charge on any atom is -0.469 e. The molecule has 1 heterocycles. The van der Waals surface area contributed by atoms with E-state index in [0.29, 0.717) is 19.4 Å². The molecule has 0 radical (unpaired) electrons. The van der Waals surface area contributed by atoms with Crippen molar-refractivity contribution in [2.75, 3.05) is 13.7 Å². The fourth-order valence-electron chi connectivity index (χ4n) is 1.46. The Kier molecular flexibility index (Phi) is 4.18. The minimum atomic E-state index is -0.418. The number of esters is 1. The Balaban J connectivity index is 2.22. The number of carbonyl (C=O) groups excluding carboxylic acids is 1. The lowest BCUT2D eigenvalue weighted by Gasteiger charge is -2.27. The smallest absolute Gasteiger partial charge is 0.305 e. The third-order valence-electron chi connectivity index (χ3n) is 2.27. The summed E-state index contributed by atoms with van der Waals surface area (Å²) in [7, 11) is 1.36. The van der Waals surface area contributed by atoms with Crippen LogP contribution < -0.4 is 0 Å². The molecule has 13 heavy (non-hydrogen) atoms. The molecule has 0 amide bonds. The molecule has 2 atom stereocenters. The van der Waals surface area contributed by atoms with Gasteiger partial charge in [-0.1, -0.05) is 0 Å². The summed E-state index contributed by atoms with van der Waals surface area (Å²) in [5.74, 6) is -0.249. The first-order valence-corrected chi connectivity index (χ1v) is 4.60. The van der Waals surface area contributed by atoms with Crippen molar-refractivity contribution in [3.8, 4) is 0 Å². The first kappa shape index (κ1) is 10.5. The molecular formula is C9H16O4. The van der Waals surface area contributed by atoms with Gasteiger partial charge in [0.1, 0.15) is 0 Å². The Morgan fingerprint density at radius 2 is 2.46 bits per heavy atom. The number of rotatable bonds is 3. The van der Waals surface area contributed by atoms with Crippen LogP contribution in [0.15, 0.2) is 0 Å². The number of methoxy groups -OCH3 is 1. The molecule has 1 aliphatic heterocycles. The Morgan fingerprint density at radius 3 is 3.08 bits per heavy atom. The van der Waals surface area contributed by atoms with Gasteiger partial charge in [-0.3, -0.25) is 4.79 Å². The number of aliphatic hydroxyl groups is 1. The molecule has 76 valence electrons. The maximum absolute atomic E-state index is 10.8. The molecule has 0 aromatic heterocycles. The van der Waals surface area contributed by atoms with Crippen molar-refractivity contribution < 1.29 is 19.4 Å². The molecule has 0 aliphatic carbocycles. The van der Waals surface area contributed by atoms with Crippen molar-refractivity contribution in [2.45, 2.75) is 37.9 Å². The first-order chi connectivity index (χ1) is 6.24. The molecule has 0 spiro atoms. The second-order valence-electron chi connectivity index (χ2n) is 3.23. The van der Waals surface area contributed by atoms with Gasteiger partial charge in [-0.2, -0.15) is 0 Å². The van der Waals surface area contributed by atoms with Crippen molar-refractivity contribution >= 4 is 5.97 Å². The summed E-state index contributed by atoms with van der Waals surface area (Å²) in [6, 6.07) is 0. The highest BCUT2D eigenvalue weighted by molar-refractivity contribution is 5.69. The maximum Gasteiger partial charge on any atom is 0.305 e. The summed E-state index contributed by atoms with van der Waals surface area (Å²) >= 11 is 0. The van der Waals surface area contributed by atoms with Crippen molar-refractivity contribution in [3.63, 3.8) is 0 Å². The lowest BCUT2D eigenvalue weighted by molar-refractivity contribution is -0.142. The Morgan fingerprint density at radius 1 is 1.69 bits per heavy atom. The Labute approximate surface area is 77.8 Å². The third-order valence-corrected chi connectivity index (χ3v) is 2.27. The topological polar surface area (TPSA) is 55.8 Å². The van der Waals surface area contributed by atoms with Crippen molar-refractivity contribution in [2.24, 2.45) is 0 Å². The predicted molar refractivity (Wildman–Crippen MR) is 46.2 cm³/mol. The largest absolute Gasteiger partial charge is 0.469 e. The van der Waals surface area contributed by atoms with Gasteiger partial charge in [0.2, 0.25) is 0 Å². The van der Waals surface area contributed by atoms with E-state index in [-0.39, 0.29) is 12.1 Å². The number of carbonyl (C=O) groups is 1. The van der Waals surface area contributed by atoms with E-state index in [1.54, 1.807) is 0 Å². The number of aliphatic hydroxyl groups excluding tert-OH is 1. The zero-order valence-electron chi connectivity index (χ0n) is 7.86. The minimum absolute atomic E-state index is 0.187. The molecule has 0 unspecified atom stereocenters. The summed E-state index contributed by atoms with van der Waals surface area (Å²) in [4.78, 5) is 10.8. The highest BCUT2D eigenvalue weighted by atomic mass is 16.5. The van der Waals surface area contributed by atoms with Gasteiger partial charge >= 0.3 is 5.97 Å². The number of ether oxygens (including phenoxy) is 2. The SMILES string of the molecule is COC(=O)CC[C@@H]1OCCC[C@H]1O. The third kappa shape index (κ3) is 3.32. The van der Waals surface area contributed by atoms with Crippen molar-refractivity contribution in [3.05, 3.63) is 0 Å². The first-order valence-electron chi connectivity index (χ1n) is 4.60. The highest BCUT2D eigenvalue weighted by Gasteiger charge is 2.24. The quantitative estimate of drug-likeness (QED) is 0.654. The Bertz CT molecular complexity index is 169. The molecule has 0 bridgehead atoms. The van der Waals surface area contributed by atoms with Crippen molar-refractivity contribution in [1.29, 1.82) is 0 Å². The van der Waals surface area contributed by atoms with Crippen LogP contribution in [0.3, 0.4) is 0 Å². The lowest BCUT2D eigenvalue weighted by atomic mass is 10.0. The second-order valence-corrected chi connectivity index (χ2v) is 3.23. The molecule has 1 fully saturated rings. The van der Waals surface area contributed by atoms with Gasteiger partial charge in [-0.25, -0.2) is 0 Å². The van der Waals surface area contributed by atoms with E-state index in [0.717, 1.165) is 12.8 Å². The van der Waals surface area contributed by atoms with Crippen LogP contribution in [0.25, 0.3) is 0 Å². The standard InChI is InChI=1S/C9H16O4/c1-12-9(11)5-4-8-7(10)3-2-6-13-8/h7-8,10H,2-6H2,1H3/t7-,8+/m1/s1. The van der Waals surface area contributed by atoms with E-state index in [4.69, 9.17) is 4.74 Å². The monoisotopic (exact) mass is 188 g/mol. The van der Waals surface area contributed by atoms with E-state index in [9.17, 15) is 9.90 Å². The molecular weight excluding hydrogens is 172 g/mol. The summed E-state index contributed by atoms with van der Waals surface area (Å²) in [5, 5.41) is 9.48. The van der Waals surface area contributed by atoms with E-state index >= 15 is 0 Å². The van der Waals surface area contributed by atoms with Crippen LogP contribution in [0.4, 0.5) is 0 Å². The second kappa shape index (κ2) is 5.19. The Hall–Kier alpha value is -0.610. The number of hydrogen-bond acceptors (Lipinski definition) is 4. The van der Waals surface area contributed by atoms with Crippen LogP contribution in [-0.4, -0.2) is 37.0 Å². The molecule has 0 saturated carbocycles. The molecule has 1 saturated heterocycles. The molecule has 1 rings (SSSR count). The summed E-state index contributed by atoms with van der Waals surface area (Å²) < 4.78 is 9.83. The van der Waals surface area contributed by atoms with Gasteiger partial charge in [-0.05, 0) is 19.3 Å². The highest BCUT2D eigenvalue weighted by Crippen LogP contribution is 2.17. The molecule has 0 aromatic rings. The average molecular weight is 188 g/mol. The van der Waals surface area contributed by atoms with Gasteiger partial charge in [0.25, 0.3) is 0 Å². The number of hydrogen-bond donors (Lipinski definition) is 1. The van der Waals surface area contributed by atoms with E-state index in [1.165, 1.54) is 7.11 Å². The molecule has 4 heteroatoms. The van der Waals surface area contributed by atoms with E-state index in [2.05, 4.69) is 4.74 Å². The fourth-order valence-corrected chi connectivity index (χ4v) is 1.46. The van der Waals surface area contributed by atoms with Crippen LogP contribution in [0, 0.1) is 0 Å². The summed E-state index contributed by atoms with van der Waals surface area (Å²) in [6.45, 7) is 0.683. The fraction of sp³-hybridized carbons (Fsp3) is 0.889. The van der Waals surface area contributed by atoms with Crippen LogP contribution in [0.1, 0.15) is 25.7 Å². The molecule has 1 N–H and O–H groups in total. The van der Waals surface area contributed by atoms with Crippen LogP contribution >= 0.6 is 0 Å². The van der Waals surface area contributed by atoms with Gasteiger partial charge in [0, 0.05) is 13.0 Å². The maximum atomic E-state index is 10.8. The van der Waals surface area contributed by atoms with Gasteiger partial charge in [-0.15, -0.1) is 0 Å². The van der Waals surface area contributed by atoms with Crippen molar-refractivity contribution in [1.82, 2.24) is 0 Å².